The molecule has 98 valence electrons. The number of aromatic nitrogens is 1. The minimum Gasteiger partial charge on any atom is -0.308 e. The second kappa shape index (κ2) is 5.51. The average molecular weight is 263 g/mol. The summed E-state index contributed by atoms with van der Waals surface area (Å²) in [4.78, 5) is 7.19. The lowest BCUT2D eigenvalue weighted by molar-refractivity contribution is 0.283. The Labute approximate surface area is 113 Å². The number of thiazole rings is 1. The van der Waals surface area contributed by atoms with E-state index in [-0.39, 0.29) is 0 Å². The van der Waals surface area contributed by atoms with Crippen LogP contribution >= 0.6 is 11.3 Å². The Kier molecular flexibility index (Phi) is 3.77. The van der Waals surface area contributed by atoms with Crippen molar-refractivity contribution in [2.75, 3.05) is 13.1 Å². The van der Waals surface area contributed by atoms with Gasteiger partial charge in [-0.05, 0) is 26.2 Å². The summed E-state index contributed by atoms with van der Waals surface area (Å²) in [5.41, 5.74) is 2.76. The lowest BCUT2D eigenvalue weighted by Crippen LogP contribution is -2.28. The molecule has 3 nitrogen and oxygen atoms in total. The van der Waals surface area contributed by atoms with Gasteiger partial charge in [0, 0.05) is 37.6 Å². The van der Waals surface area contributed by atoms with Crippen LogP contribution in [0.25, 0.3) is 0 Å². The molecule has 0 saturated heterocycles. The maximum absolute atomic E-state index is 4.72. The topological polar surface area (TPSA) is 28.2 Å². The van der Waals surface area contributed by atoms with Crippen LogP contribution in [0.5, 0.6) is 0 Å². The maximum atomic E-state index is 4.72. The molecule has 0 amide bonds. The van der Waals surface area contributed by atoms with Crippen LogP contribution in [0.2, 0.25) is 0 Å². The van der Waals surface area contributed by atoms with Crippen molar-refractivity contribution in [1.82, 2.24) is 15.2 Å². The van der Waals surface area contributed by atoms with E-state index >= 15 is 0 Å². The van der Waals surface area contributed by atoms with E-state index in [4.69, 9.17) is 4.98 Å². The molecule has 1 saturated carbocycles. The van der Waals surface area contributed by atoms with Crippen LogP contribution in [0.3, 0.4) is 0 Å². The Morgan fingerprint density at radius 2 is 2.39 bits per heavy atom. The first-order chi connectivity index (χ1) is 8.79. The summed E-state index contributed by atoms with van der Waals surface area (Å²) in [6, 6.07) is 0.771. The van der Waals surface area contributed by atoms with Crippen molar-refractivity contribution in [3.8, 4) is 0 Å². The molecule has 1 fully saturated rings. The van der Waals surface area contributed by atoms with Gasteiger partial charge in [0.2, 0.25) is 0 Å². The van der Waals surface area contributed by atoms with Gasteiger partial charge in [0.05, 0.1) is 5.69 Å². The summed E-state index contributed by atoms with van der Waals surface area (Å²) in [6.45, 7) is 6.44. The number of hydrogen-bond donors (Lipinski definition) is 1. The molecule has 0 bridgehead atoms. The van der Waals surface area contributed by atoms with Gasteiger partial charge < -0.3 is 5.32 Å². The van der Waals surface area contributed by atoms with Gasteiger partial charge in [0.1, 0.15) is 5.01 Å². The first-order valence-corrected chi connectivity index (χ1v) is 7.72. The monoisotopic (exact) mass is 263 g/mol. The normalized spacial score (nSPS) is 21.1. The Hall–Kier alpha value is -0.710. The highest BCUT2D eigenvalue weighted by Gasteiger charge is 2.20. The van der Waals surface area contributed by atoms with Crippen molar-refractivity contribution >= 4 is 11.3 Å². The van der Waals surface area contributed by atoms with E-state index in [0.717, 1.165) is 25.7 Å². The predicted molar refractivity (Wildman–Crippen MR) is 75.6 cm³/mol. The lowest BCUT2D eigenvalue weighted by atomic mass is 10.1. The van der Waals surface area contributed by atoms with Crippen LogP contribution in [-0.4, -0.2) is 29.0 Å². The molecule has 0 unspecified atom stereocenters. The molecule has 0 atom stereocenters. The third kappa shape index (κ3) is 3.40. The van der Waals surface area contributed by atoms with Crippen LogP contribution < -0.4 is 5.32 Å². The lowest BCUT2D eigenvalue weighted by Gasteiger charge is -2.24. The fraction of sp³-hybridized carbons (Fsp3) is 0.643. The average Bonchev–Trinajstić information content (AvgIpc) is 3.10. The second-order valence-electron chi connectivity index (χ2n) is 5.42. The van der Waals surface area contributed by atoms with E-state index in [1.54, 1.807) is 11.3 Å². The van der Waals surface area contributed by atoms with Gasteiger partial charge in [0.25, 0.3) is 0 Å². The highest BCUT2D eigenvalue weighted by molar-refractivity contribution is 7.09. The summed E-state index contributed by atoms with van der Waals surface area (Å²) >= 11 is 1.79. The molecule has 0 aromatic carbocycles. The second-order valence-corrected chi connectivity index (χ2v) is 6.37. The maximum Gasteiger partial charge on any atom is 0.107 e. The van der Waals surface area contributed by atoms with Crippen molar-refractivity contribution < 1.29 is 0 Å². The molecule has 1 aliphatic heterocycles. The van der Waals surface area contributed by atoms with Crippen molar-refractivity contribution in [1.29, 1.82) is 0 Å². The fourth-order valence-electron chi connectivity index (χ4n) is 2.21. The third-order valence-electron chi connectivity index (χ3n) is 3.62. The Morgan fingerprint density at radius 3 is 3.11 bits per heavy atom. The number of hydrogen-bond acceptors (Lipinski definition) is 4. The molecule has 0 radical (unpaired) electrons. The Morgan fingerprint density at radius 1 is 1.50 bits per heavy atom. The summed E-state index contributed by atoms with van der Waals surface area (Å²) in [5.74, 6) is 0. The Bertz CT molecular complexity index is 434. The van der Waals surface area contributed by atoms with E-state index in [9.17, 15) is 0 Å². The van der Waals surface area contributed by atoms with E-state index in [0.29, 0.717) is 0 Å². The van der Waals surface area contributed by atoms with E-state index in [1.807, 2.05) is 0 Å². The van der Waals surface area contributed by atoms with Crippen LogP contribution in [-0.2, 0) is 13.1 Å². The van der Waals surface area contributed by atoms with Crippen LogP contribution in [0.1, 0.15) is 36.9 Å². The molecule has 4 heteroatoms. The molecule has 18 heavy (non-hydrogen) atoms. The molecule has 3 rings (SSSR count). The molecule has 2 aliphatic rings. The number of nitrogens with one attached hydrogen (secondary N) is 1. The van der Waals surface area contributed by atoms with Gasteiger partial charge in [-0.15, -0.1) is 11.3 Å². The van der Waals surface area contributed by atoms with Gasteiger partial charge in [-0.25, -0.2) is 4.98 Å². The summed E-state index contributed by atoms with van der Waals surface area (Å²) < 4.78 is 0. The van der Waals surface area contributed by atoms with E-state index < -0.39 is 0 Å². The summed E-state index contributed by atoms with van der Waals surface area (Å²) in [7, 11) is 0. The first-order valence-electron chi connectivity index (χ1n) is 6.84. The Balaban J connectivity index is 1.49. The summed E-state index contributed by atoms with van der Waals surface area (Å²) in [5, 5.41) is 6.97. The van der Waals surface area contributed by atoms with Gasteiger partial charge >= 0.3 is 0 Å². The number of nitrogens with zero attached hydrogens (tertiary/aromatic N) is 2. The van der Waals surface area contributed by atoms with Crippen molar-refractivity contribution in [3.05, 3.63) is 27.7 Å². The van der Waals surface area contributed by atoms with Gasteiger partial charge in [-0.1, -0.05) is 11.6 Å². The van der Waals surface area contributed by atoms with Crippen molar-refractivity contribution in [3.63, 3.8) is 0 Å². The van der Waals surface area contributed by atoms with Crippen molar-refractivity contribution in [2.45, 2.75) is 45.3 Å². The molecule has 1 aliphatic carbocycles. The number of rotatable bonds is 5. The predicted octanol–water partition coefficient (Wildman–Crippen LogP) is 2.55. The first kappa shape index (κ1) is 12.3. The molecule has 2 heterocycles. The van der Waals surface area contributed by atoms with Crippen LogP contribution in [0.15, 0.2) is 17.0 Å². The van der Waals surface area contributed by atoms with E-state index in [1.165, 1.54) is 42.1 Å². The quantitative estimate of drug-likeness (QED) is 0.828. The zero-order valence-electron chi connectivity index (χ0n) is 11.0. The molecular weight excluding hydrogens is 242 g/mol. The SMILES string of the molecule is CC1=CCN(Cc2csc(CNC3CC3)n2)CC1. The zero-order valence-corrected chi connectivity index (χ0v) is 11.8. The van der Waals surface area contributed by atoms with Gasteiger partial charge in [-0.2, -0.15) is 0 Å². The fourth-order valence-corrected chi connectivity index (χ4v) is 2.94. The van der Waals surface area contributed by atoms with E-state index in [2.05, 4.69) is 28.6 Å². The molecular formula is C14H21N3S. The standard InChI is InChI=1S/C14H21N3S/c1-11-4-6-17(7-5-11)9-13-10-18-14(16-13)8-15-12-2-3-12/h4,10,12,15H,2-3,5-9H2,1H3. The van der Waals surface area contributed by atoms with Gasteiger partial charge in [0.15, 0.2) is 0 Å². The highest BCUT2D eigenvalue weighted by atomic mass is 32.1. The minimum atomic E-state index is 0.771. The minimum absolute atomic E-state index is 0.771. The van der Waals surface area contributed by atoms with Gasteiger partial charge in [-0.3, -0.25) is 4.90 Å². The smallest absolute Gasteiger partial charge is 0.107 e. The molecule has 1 aromatic heterocycles. The zero-order chi connectivity index (χ0) is 12.4. The molecule has 1 N–H and O–H groups in total. The van der Waals surface area contributed by atoms with Crippen molar-refractivity contribution in [2.24, 2.45) is 0 Å². The van der Waals surface area contributed by atoms with Crippen LogP contribution in [0, 0.1) is 0 Å². The third-order valence-corrected chi connectivity index (χ3v) is 4.52. The largest absolute Gasteiger partial charge is 0.308 e. The highest BCUT2D eigenvalue weighted by Crippen LogP contribution is 2.20. The summed E-state index contributed by atoms with van der Waals surface area (Å²) in [6.07, 6.45) is 6.24. The molecule has 0 spiro atoms. The van der Waals surface area contributed by atoms with Crippen LogP contribution in [0.4, 0.5) is 0 Å². The molecule has 1 aromatic rings.